The molecule has 1 aromatic carbocycles. The van der Waals surface area contributed by atoms with Crippen molar-refractivity contribution in [1.29, 1.82) is 0 Å². The largest absolute Gasteiger partial charge is 0.464 e. The third-order valence-electron chi connectivity index (χ3n) is 5.40. The maximum atomic E-state index is 12.8. The Morgan fingerprint density at radius 2 is 1.90 bits per heavy atom. The summed E-state index contributed by atoms with van der Waals surface area (Å²) in [5.41, 5.74) is 0.783. The Morgan fingerprint density at radius 1 is 1.17 bits per heavy atom. The number of nitrogens with zero attached hydrogens (tertiary/aromatic N) is 2. The number of carbonyl (C=O) groups is 3. The average molecular weight is 406 g/mol. The molecule has 3 rings (SSSR count). The molecule has 0 aromatic heterocycles. The van der Waals surface area contributed by atoms with Gasteiger partial charge in [0, 0.05) is 12.5 Å². The highest BCUT2D eigenvalue weighted by molar-refractivity contribution is 5.89. The first-order valence-electron chi connectivity index (χ1n) is 9.72. The fourth-order valence-electron chi connectivity index (χ4n) is 3.98. The minimum atomic E-state index is -1.31. The van der Waals surface area contributed by atoms with Gasteiger partial charge in [-0.3, -0.25) is 9.69 Å². The molecule has 2 amide bonds. The standard InChI is InChI=1S/C20H26N2O7/c1-2-28-19(26)17-14(11-23)8-9-15-18(25)21(10-16(24)22(15)17)20(27)29-12-13-6-4-3-5-7-13/h3-7,14-15,17-18,23,25H,2,8-12H2,1H3/t14-,15+,17+,18+/m1/s1. The molecule has 0 saturated carbocycles. The molecule has 2 aliphatic rings. The van der Waals surface area contributed by atoms with Crippen LogP contribution in [-0.2, 0) is 25.7 Å². The number of fused-ring (bicyclic) bond motifs is 1. The number of ether oxygens (including phenoxy) is 2. The van der Waals surface area contributed by atoms with Gasteiger partial charge >= 0.3 is 12.1 Å². The third kappa shape index (κ3) is 4.35. The van der Waals surface area contributed by atoms with Crippen molar-refractivity contribution in [3.63, 3.8) is 0 Å². The van der Waals surface area contributed by atoms with Gasteiger partial charge in [-0.1, -0.05) is 30.3 Å². The monoisotopic (exact) mass is 406 g/mol. The number of rotatable bonds is 5. The average Bonchev–Trinajstić information content (AvgIpc) is 2.74. The molecule has 2 saturated heterocycles. The number of hydrogen-bond acceptors (Lipinski definition) is 7. The number of piperazine rings is 1. The Balaban J connectivity index is 1.73. The van der Waals surface area contributed by atoms with Crippen LogP contribution in [0.4, 0.5) is 4.79 Å². The van der Waals surface area contributed by atoms with E-state index in [-0.39, 0.29) is 19.8 Å². The molecule has 9 heteroatoms. The lowest BCUT2D eigenvalue weighted by Crippen LogP contribution is -2.70. The van der Waals surface area contributed by atoms with Crippen molar-refractivity contribution in [2.24, 2.45) is 5.92 Å². The molecule has 0 spiro atoms. The van der Waals surface area contributed by atoms with Crippen molar-refractivity contribution in [2.75, 3.05) is 19.8 Å². The second-order valence-corrected chi connectivity index (χ2v) is 7.17. The number of piperidine rings is 1. The molecule has 2 fully saturated rings. The SMILES string of the molecule is CCOC(=O)[C@@H]1[C@@H](CO)CC[C@H]2[C@H](O)N(C(=O)OCc3ccccc3)CC(=O)N12. The van der Waals surface area contributed by atoms with Crippen LogP contribution in [0, 0.1) is 5.92 Å². The van der Waals surface area contributed by atoms with Gasteiger partial charge in [-0.25, -0.2) is 9.59 Å². The summed E-state index contributed by atoms with van der Waals surface area (Å²) in [5, 5.41) is 20.4. The fraction of sp³-hybridized carbons (Fsp3) is 0.550. The molecule has 0 aliphatic carbocycles. The van der Waals surface area contributed by atoms with E-state index in [1.165, 1.54) is 4.90 Å². The Morgan fingerprint density at radius 3 is 2.55 bits per heavy atom. The number of amides is 2. The predicted octanol–water partition coefficient (Wildman–Crippen LogP) is 0.488. The second-order valence-electron chi connectivity index (χ2n) is 7.17. The summed E-state index contributed by atoms with van der Waals surface area (Å²) in [6.07, 6.45) is -1.35. The van der Waals surface area contributed by atoms with Crippen LogP contribution in [0.25, 0.3) is 0 Å². The van der Waals surface area contributed by atoms with Crippen molar-refractivity contribution in [1.82, 2.24) is 9.80 Å². The molecule has 29 heavy (non-hydrogen) atoms. The predicted molar refractivity (Wildman–Crippen MR) is 100 cm³/mol. The van der Waals surface area contributed by atoms with Crippen molar-refractivity contribution in [3.05, 3.63) is 35.9 Å². The van der Waals surface area contributed by atoms with E-state index in [4.69, 9.17) is 9.47 Å². The van der Waals surface area contributed by atoms with Crippen LogP contribution in [-0.4, -0.2) is 76.1 Å². The molecule has 4 atom stereocenters. The fourth-order valence-corrected chi connectivity index (χ4v) is 3.98. The van der Waals surface area contributed by atoms with Gasteiger partial charge in [-0.2, -0.15) is 0 Å². The summed E-state index contributed by atoms with van der Waals surface area (Å²) in [7, 11) is 0. The van der Waals surface area contributed by atoms with Crippen LogP contribution in [0.5, 0.6) is 0 Å². The van der Waals surface area contributed by atoms with E-state index in [1.54, 1.807) is 19.1 Å². The molecule has 2 N–H and O–H groups in total. The van der Waals surface area contributed by atoms with Crippen LogP contribution >= 0.6 is 0 Å². The lowest BCUT2D eigenvalue weighted by atomic mass is 9.83. The van der Waals surface area contributed by atoms with Crippen LogP contribution < -0.4 is 0 Å². The van der Waals surface area contributed by atoms with E-state index in [2.05, 4.69) is 0 Å². The van der Waals surface area contributed by atoms with E-state index >= 15 is 0 Å². The first kappa shape index (κ1) is 21.1. The van der Waals surface area contributed by atoms with Crippen LogP contribution in [0.15, 0.2) is 30.3 Å². The number of hydrogen-bond donors (Lipinski definition) is 2. The summed E-state index contributed by atoms with van der Waals surface area (Å²) in [6.45, 7) is 1.12. The van der Waals surface area contributed by atoms with Gasteiger partial charge in [0.2, 0.25) is 5.91 Å². The Labute approximate surface area is 168 Å². The summed E-state index contributed by atoms with van der Waals surface area (Å²) in [5.74, 6) is -1.58. The van der Waals surface area contributed by atoms with Crippen molar-refractivity contribution >= 4 is 18.0 Å². The van der Waals surface area contributed by atoms with E-state index in [0.717, 1.165) is 10.5 Å². The molecule has 0 radical (unpaired) electrons. The van der Waals surface area contributed by atoms with Crippen molar-refractivity contribution < 1.29 is 34.1 Å². The van der Waals surface area contributed by atoms with Gasteiger partial charge in [0.25, 0.3) is 0 Å². The number of carbonyl (C=O) groups excluding carboxylic acids is 3. The normalized spacial score (nSPS) is 26.7. The summed E-state index contributed by atoms with van der Waals surface area (Å²) in [4.78, 5) is 40.0. The molecule has 1 aromatic rings. The number of esters is 1. The lowest BCUT2D eigenvalue weighted by molar-refractivity contribution is -0.182. The Kier molecular flexibility index (Phi) is 6.71. The van der Waals surface area contributed by atoms with Crippen molar-refractivity contribution in [2.45, 2.75) is 44.7 Å². The van der Waals surface area contributed by atoms with E-state index in [9.17, 15) is 24.6 Å². The molecule has 2 aliphatic heterocycles. The zero-order valence-corrected chi connectivity index (χ0v) is 16.3. The highest BCUT2D eigenvalue weighted by Crippen LogP contribution is 2.34. The summed E-state index contributed by atoms with van der Waals surface area (Å²) >= 11 is 0. The molecule has 158 valence electrons. The first-order chi connectivity index (χ1) is 14.0. The Bertz CT molecular complexity index is 742. The highest BCUT2D eigenvalue weighted by atomic mass is 16.6. The van der Waals surface area contributed by atoms with E-state index in [0.29, 0.717) is 12.8 Å². The third-order valence-corrected chi connectivity index (χ3v) is 5.40. The van der Waals surface area contributed by atoms with Gasteiger partial charge < -0.3 is 24.6 Å². The zero-order valence-electron chi connectivity index (χ0n) is 16.3. The summed E-state index contributed by atoms with van der Waals surface area (Å²) < 4.78 is 10.3. The number of aliphatic hydroxyl groups excluding tert-OH is 2. The van der Waals surface area contributed by atoms with Gasteiger partial charge in [0.15, 0.2) is 6.23 Å². The molecule has 0 unspecified atom stereocenters. The molecular weight excluding hydrogens is 380 g/mol. The van der Waals surface area contributed by atoms with Gasteiger partial charge in [0.1, 0.15) is 19.2 Å². The maximum absolute atomic E-state index is 12.8. The summed E-state index contributed by atoms with van der Waals surface area (Å²) in [6, 6.07) is 7.32. The van der Waals surface area contributed by atoms with Crippen LogP contribution in [0.3, 0.4) is 0 Å². The highest BCUT2D eigenvalue weighted by Gasteiger charge is 2.52. The minimum Gasteiger partial charge on any atom is -0.464 e. The maximum Gasteiger partial charge on any atom is 0.412 e. The second kappa shape index (κ2) is 9.23. The lowest BCUT2D eigenvalue weighted by Gasteiger charge is -2.51. The van der Waals surface area contributed by atoms with Gasteiger partial charge in [-0.15, -0.1) is 0 Å². The molecule has 0 bridgehead atoms. The van der Waals surface area contributed by atoms with Crippen LogP contribution in [0.2, 0.25) is 0 Å². The molecule has 9 nitrogen and oxygen atoms in total. The Hall–Kier alpha value is -2.65. The topological polar surface area (TPSA) is 117 Å². The molecular formula is C20H26N2O7. The quantitative estimate of drug-likeness (QED) is 0.684. The smallest absolute Gasteiger partial charge is 0.412 e. The van der Waals surface area contributed by atoms with Crippen LogP contribution in [0.1, 0.15) is 25.3 Å². The first-order valence-corrected chi connectivity index (χ1v) is 9.72. The van der Waals surface area contributed by atoms with E-state index < -0.39 is 48.7 Å². The van der Waals surface area contributed by atoms with Gasteiger partial charge in [-0.05, 0) is 25.3 Å². The van der Waals surface area contributed by atoms with Gasteiger partial charge in [0.05, 0.1) is 12.6 Å². The molecule has 2 heterocycles. The number of aliphatic hydroxyl groups is 2. The zero-order chi connectivity index (χ0) is 21.0. The van der Waals surface area contributed by atoms with Crippen molar-refractivity contribution in [3.8, 4) is 0 Å². The number of benzene rings is 1. The van der Waals surface area contributed by atoms with E-state index in [1.807, 2.05) is 18.2 Å². The minimum absolute atomic E-state index is 0.0174.